The molecule has 43 heavy (non-hydrogen) atoms. The minimum atomic E-state index is -5.08. The SMILES string of the molecule is CC(CC(=O)Nc1ccccc1)NS(=O)(=O)c1ccc(N2C[C@@H]3CN(C)C[C@]3(C)C2)c(S(N)(=O)=O)c1.O=C(O)C(F)(F)F. The van der Waals surface area contributed by atoms with Gasteiger partial charge in [0.2, 0.25) is 26.0 Å². The summed E-state index contributed by atoms with van der Waals surface area (Å²) in [7, 11) is -6.24. The number of nitrogens with one attached hydrogen (secondary N) is 2. The van der Waals surface area contributed by atoms with E-state index in [2.05, 4.69) is 28.9 Å². The Morgan fingerprint density at radius 2 is 1.70 bits per heavy atom. The Morgan fingerprint density at radius 3 is 2.23 bits per heavy atom. The molecular weight excluding hydrogens is 615 g/mol. The van der Waals surface area contributed by atoms with Gasteiger partial charge in [-0.1, -0.05) is 25.1 Å². The highest BCUT2D eigenvalue weighted by atomic mass is 32.2. The van der Waals surface area contributed by atoms with E-state index >= 15 is 0 Å². The first-order valence-corrected chi connectivity index (χ1v) is 16.0. The van der Waals surface area contributed by atoms with Gasteiger partial charge in [0, 0.05) is 49.7 Å². The second-order valence-corrected chi connectivity index (χ2v) is 14.3. The minimum absolute atomic E-state index is 0.0203. The molecule has 3 atom stereocenters. The molecule has 2 fully saturated rings. The summed E-state index contributed by atoms with van der Waals surface area (Å²) in [5.41, 5.74) is 1.04. The number of sulfonamides is 2. The van der Waals surface area contributed by atoms with Crippen molar-refractivity contribution < 1.29 is 44.7 Å². The topological polar surface area (TPSA) is 179 Å². The van der Waals surface area contributed by atoms with Crippen molar-refractivity contribution in [2.45, 2.75) is 42.3 Å². The number of carboxylic acid groups (broad SMARTS) is 1. The van der Waals surface area contributed by atoms with Crippen LogP contribution in [0.2, 0.25) is 0 Å². The van der Waals surface area contributed by atoms with Crippen LogP contribution < -0.4 is 20.1 Å². The smallest absolute Gasteiger partial charge is 0.475 e. The molecule has 12 nitrogen and oxygen atoms in total. The fourth-order valence-corrected chi connectivity index (χ4v) is 7.47. The number of aliphatic carboxylic acids is 1. The highest BCUT2D eigenvalue weighted by Crippen LogP contribution is 2.44. The molecule has 2 heterocycles. The van der Waals surface area contributed by atoms with Gasteiger partial charge in [0.05, 0.1) is 10.6 Å². The third-order valence-electron chi connectivity index (χ3n) is 7.18. The maximum absolute atomic E-state index is 13.0. The molecule has 0 radical (unpaired) electrons. The summed E-state index contributed by atoms with van der Waals surface area (Å²) < 4.78 is 85.2. The number of fused-ring (bicyclic) bond motifs is 1. The summed E-state index contributed by atoms with van der Waals surface area (Å²) >= 11 is 0. The molecule has 1 amide bonds. The zero-order valence-corrected chi connectivity index (χ0v) is 25.3. The minimum Gasteiger partial charge on any atom is -0.475 e. The molecule has 2 aliphatic heterocycles. The number of nitrogens with two attached hydrogens (primary N) is 1. The zero-order valence-electron chi connectivity index (χ0n) is 23.6. The van der Waals surface area contributed by atoms with Gasteiger partial charge in [-0.05, 0) is 50.2 Å². The molecule has 0 spiro atoms. The Kier molecular flexibility index (Phi) is 10.2. The lowest BCUT2D eigenvalue weighted by Gasteiger charge is -2.26. The fraction of sp³-hybridized carbons (Fsp3) is 0.462. The van der Waals surface area contributed by atoms with E-state index in [1.807, 2.05) is 11.0 Å². The lowest BCUT2D eigenvalue weighted by molar-refractivity contribution is -0.192. The molecule has 0 aromatic heterocycles. The van der Waals surface area contributed by atoms with Gasteiger partial charge < -0.3 is 20.2 Å². The average Bonchev–Trinajstić information content (AvgIpc) is 3.32. The van der Waals surface area contributed by atoms with Gasteiger partial charge >= 0.3 is 12.1 Å². The third-order valence-corrected chi connectivity index (χ3v) is 9.71. The average molecular weight is 650 g/mol. The molecule has 4 rings (SSSR count). The van der Waals surface area contributed by atoms with Crippen LogP contribution in [0.3, 0.4) is 0 Å². The van der Waals surface area contributed by atoms with E-state index in [9.17, 15) is 34.8 Å². The van der Waals surface area contributed by atoms with Gasteiger partial charge in [0.25, 0.3) is 0 Å². The van der Waals surface area contributed by atoms with E-state index in [1.165, 1.54) is 12.1 Å². The van der Waals surface area contributed by atoms with Crippen molar-refractivity contribution in [3.05, 3.63) is 48.5 Å². The van der Waals surface area contributed by atoms with E-state index in [0.717, 1.165) is 19.2 Å². The number of anilines is 2. The van der Waals surface area contributed by atoms with Crippen molar-refractivity contribution in [1.29, 1.82) is 0 Å². The van der Waals surface area contributed by atoms with Gasteiger partial charge in [0.1, 0.15) is 4.90 Å². The van der Waals surface area contributed by atoms with Crippen molar-refractivity contribution in [2.75, 3.05) is 43.4 Å². The number of halogens is 3. The van der Waals surface area contributed by atoms with E-state index in [4.69, 9.17) is 15.0 Å². The second-order valence-electron chi connectivity index (χ2n) is 11.0. The Labute approximate surface area is 248 Å². The quantitative estimate of drug-likeness (QED) is 0.333. The number of benzene rings is 2. The maximum atomic E-state index is 13.0. The number of alkyl halides is 3. The lowest BCUT2D eigenvalue weighted by atomic mass is 9.83. The fourth-order valence-electron chi connectivity index (χ4n) is 5.35. The molecule has 2 aliphatic rings. The van der Waals surface area contributed by atoms with Crippen LogP contribution in [0.25, 0.3) is 0 Å². The van der Waals surface area contributed by atoms with Gasteiger partial charge in [-0.3, -0.25) is 4.79 Å². The lowest BCUT2D eigenvalue weighted by Crippen LogP contribution is -2.36. The molecule has 0 saturated carbocycles. The standard InChI is InChI=1S/C24H33N5O5S2.C2HF3O2/c1-17(11-23(30)26-19-7-5-4-6-8-19)27-36(33,34)20-9-10-21(22(12-20)35(25,31)32)29-14-18-13-28(3)15-24(18,2)16-29;3-2(4,5)1(6)7/h4-10,12,17-18,27H,11,13-16H2,1-3H3,(H,26,30)(H2,25,31,32);(H,6,7)/t17?,18-,24+;/m0./s1. The van der Waals surface area contributed by atoms with E-state index in [1.54, 1.807) is 31.2 Å². The number of hydrogen-bond acceptors (Lipinski definition) is 8. The van der Waals surface area contributed by atoms with Crippen molar-refractivity contribution in [1.82, 2.24) is 9.62 Å². The number of rotatable bonds is 8. The number of carboxylic acids is 1. The highest BCUT2D eigenvalue weighted by Gasteiger charge is 2.48. The first-order valence-electron chi connectivity index (χ1n) is 13.0. The molecule has 238 valence electrons. The molecule has 17 heteroatoms. The van der Waals surface area contributed by atoms with Crippen LogP contribution in [0.4, 0.5) is 24.5 Å². The number of carbonyl (C=O) groups excluding carboxylic acids is 1. The predicted octanol–water partition coefficient (Wildman–Crippen LogP) is 2.05. The molecule has 5 N–H and O–H groups in total. The van der Waals surface area contributed by atoms with Crippen molar-refractivity contribution in [3.63, 3.8) is 0 Å². The zero-order chi connectivity index (χ0) is 32.4. The largest absolute Gasteiger partial charge is 0.490 e. The first kappa shape index (κ1) is 34.2. The van der Waals surface area contributed by atoms with Crippen LogP contribution >= 0.6 is 0 Å². The molecule has 2 aromatic carbocycles. The highest BCUT2D eigenvalue weighted by molar-refractivity contribution is 7.90. The molecule has 0 aliphatic carbocycles. The van der Waals surface area contributed by atoms with E-state index in [-0.39, 0.29) is 27.5 Å². The van der Waals surface area contributed by atoms with E-state index < -0.39 is 38.2 Å². The van der Waals surface area contributed by atoms with Gasteiger partial charge in [-0.15, -0.1) is 0 Å². The monoisotopic (exact) mass is 649 g/mol. The summed E-state index contributed by atoms with van der Waals surface area (Å²) in [6, 6.07) is 12.1. The van der Waals surface area contributed by atoms with Crippen LogP contribution in [-0.2, 0) is 29.6 Å². The normalized spacial score (nSPS) is 21.5. The van der Waals surface area contributed by atoms with Gasteiger partial charge in [-0.2, -0.15) is 13.2 Å². The summed E-state index contributed by atoms with van der Waals surface area (Å²) in [4.78, 5) is 25.0. The summed E-state index contributed by atoms with van der Waals surface area (Å²) in [6.45, 7) is 6.91. The molecule has 2 aromatic rings. The van der Waals surface area contributed by atoms with Crippen molar-refractivity contribution in [3.8, 4) is 0 Å². The second kappa shape index (κ2) is 12.8. The van der Waals surface area contributed by atoms with Crippen molar-refractivity contribution in [2.24, 2.45) is 16.5 Å². The Bertz CT molecular complexity index is 1560. The number of amides is 1. The number of nitrogens with zero attached hydrogens (tertiary/aromatic N) is 2. The van der Waals surface area contributed by atoms with Gasteiger partial charge in [0.15, 0.2) is 0 Å². The summed E-state index contributed by atoms with van der Waals surface area (Å²) in [5.74, 6) is -2.73. The Balaban J connectivity index is 0.000000646. The number of primary sulfonamides is 1. The van der Waals surface area contributed by atoms with Crippen LogP contribution in [0, 0.1) is 11.3 Å². The van der Waals surface area contributed by atoms with Crippen LogP contribution in [0.5, 0.6) is 0 Å². The third kappa shape index (κ3) is 8.88. The Hall–Kier alpha value is -3.25. The first-order chi connectivity index (χ1) is 19.7. The van der Waals surface area contributed by atoms with Crippen LogP contribution in [0.1, 0.15) is 20.3 Å². The number of para-hydroxylation sites is 1. The molecular formula is C26H34F3N5O7S2. The summed E-state index contributed by atoms with van der Waals surface area (Å²) in [6.07, 6.45) is -5.18. The maximum Gasteiger partial charge on any atom is 0.490 e. The molecule has 0 bridgehead atoms. The summed E-state index contributed by atoms with van der Waals surface area (Å²) in [5, 5.41) is 15.4. The predicted molar refractivity (Wildman–Crippen MR) is 152 cm³/mol. The molecule has 1 unspecified atom stereocenters. The number of hydrogen-bond donors (Lipinski definition) is 4. The van der Waals surface area contributed by atoms with Crippen molar-refractivity contribution >= 4 is 43.3 Å². The number of likely N-dealkylation sites (tertiary alicyclic amines) is 1. The van der Waals surface area contributed by atoms with Crippen LogP contribution in [0.15, 0.2) is 58.3 Å². The molecule has 2 saturated heterocycles. The van der Waals surface area contributed by atoms with E-state index in [0.29, 0.717) is 30.4 Å². The number of carbonyl (C=O) groups is 2. The van der Waals surface area contributed by atoms with Gasteiger partial charge in [-0.25, -0.2) is 31.5 Å². The Morgan fingerprint density at radius 1 is 1.09 bits per heavy atom. The van der Waals surface area contributed by atoms with Crippen LogP contribution in [-0.4, -0.2) is 84.2 Å².